The summed E-state index contributed by atoms with van der Waals surface area (Å²) in [5.41, 5.74) is 1.10. The predicted octanol–water partition coefficient (Wildman–Crippen LogP) is 2.12. The quantitative estimate of drug-likeness (QED) is 0.531. The van der Waals surface area contributed by atoms with Gasteiger partial charge in [-0.3, -0.25) is 19.8 Å². The summed E-state index contributed by atoms with van der Waals surface area (Å²) in [7, 11) is 1.53. The molecule has 7 heteroatoms. The summed E-state index contributed by atoms with van der Waals surface area (Å²) in [6, 6.07) is 8.51. The fraction of sp³-hybridized carbons (Fsp3) is 0.0625. The third-order valence-electron chi connectivity index (χ3n) is 3.27. The van der Waals surface area contributed by atoms with Gasteiger partial charge in [-0.1, -0.05) is 6.07 Å². The molecule has 0 atom stereocenters. The minimum absolute atomic E-state index is 0.0252. The molecule has 1 aliphatic heterocycles. The second kappa shape index (κ2) is 6.05. The van der Waals surface area contributed by atoms with E-state index in [4.69, 9.17) is 21.4 Å². The van der Waals surface area contributed by atoms with Gasteiger partial charge in [0.05, 0.1) is 25.3 Å². The van der Waals surface area contributed by atoms with Crippen LogP contribution in [0.25, 0.3) is 6.08 Å². The number of furan rings is 1. The van der Waals surface area contributed by atoms with Crippen LogP contribution in [-0.4, -0.2) is 24.0 Å². The minimum atomic E-state index is -0.541. The zero-order valence-electron chi connectivity index (χ0n) is 12.1. The van der Waals surface area contributed by atoms with Crippen LogP contribution in [-0.2, 0) is 9.59 Å². The van der Waals surface area contributed by atoms with Crippen LogP contribution >= 0.6 is 12.2 Å². The number of nitrogens with one attached hydrogen (secondary N) is 1. The van der Waals surface area contributed by atoms with Gasteiger partial charge in [0.25, 0.3) is 11.8 Å². The Labute approximate surface area is 137 Å². The molecule has 1 N–H and O–H groups in total. The fourth-order valence-corrected chi connectivity index (χ4v) is 2.45. The number of rotatable bonds is 3. The van der Waals surface area contributed by atoms with Gasteiger partial charge in [-0.2, -0.15) is 0 Å². The van der Waals surface area contributed by atoms with Gasteiger partial charge in [0, 0.05) is 11.6 Å². The first-order valence-electron chi connectivity index (χ1n) is 6.68. The lowest BCUT2D eigenvalue weighted by Crippen LogP contribution is -2.54. The highest BCUT2D eigenvalue weighted by atomic mass is 32.1. The third-order valence-corrected chi connectivity index (χ3v) is 3.55. The monoisotopic (exact) mass is 328 g/mol. The van der Waals surface area contributed by atoms with E-state index in [1.807, 2.05) is 0 Å². The largest absolute Gasteiger partial charge is 0.497 e. The molecule has 1 aromatic heterocycles. The summed E-state index contributed by atoms with van der Waals surface area (Å²) in [5, 5.41) is 2.54. The van der Waals surface area contributed by atoms with E-state index < -0.39 is 11.8 Å². The first-order valence-corrected chi connectivity index (χ1v) is 7.08. The van der Waals surface area contributed by atoms with E-state index in [9.17, 15) is 9.59 Å². The second-order valence-electron chi connectivity index (χ2n) is 4.72. The highest BCUT2D eigenvalue weighted by Gasteiger charge is 2.34. The normalized spacial score (nSPS) is 16.7. The molecule has 0 bridgehead atoms. The van der Waals surface area contributed by atoms with Gasteiger partial charge < -0.3 is 9.15 Å². The number of nitrogens with zero attached hydrogens (tertiary/aromatic N) is 1. The molecule has 0 unspecified atom stereocenters. The molecule has 2 heterocycles. The standard InChI is InChI=1S/C16H12N2O4S/c1-21-12-4-2-3-11(8-12)18-15(20)13(14(19)17-16(18)23)7-10-5-6-22-9-10/h2-9H,1H3,(H,17,19,23)/b13-7+. The topological polar surface area (TPSA) is 71.8 Å². The molecule has 1 aromatic carbocycles. The molecule has 3 rings (SSSR count). The summed E-state index contributed by atoms with van der Waals surface area (Å²) < 4.78 is 10.1. The number of carbonyl (C=O) groups is 2. The molecule has 23 heavy (non-hydrogen) atoms. The Morgan fingerprint density at radius 3 is 2.83 bits per heavy atom. The van der Waals surface area contributed by atoms with E-state index >= 15 is 0 Å². The molecule has 1 saturated heterocycles. The first-order chi connectivity index (χ1) is 11.1. The van der Waals surface area contributed by atoms with Crippen molar-refractivity contribution < 1.29 is 18.7 Å². The second-order valence-corrected chi connectivity index (χ2v) is 5.10. The SMILES string of the molecule is COc1cccc(N2C(=O)/C(=C/c3ccoc3)C(=O)NC2=S)c1. The molecule has 6 nitrogen and oxygen atoms in total. The van der Waals surface area contributed by atoms with Crippen molar-refractivity contribution in [1.29, 1.82) is 0 Å². The number of hydrogen-bond donors (Lipinski definition) is 1. The molecule has 0 spiro atoms. The van der Waals surface area contributed by atoms with Crippen molar-refractivity contribution in [1.82, 2.24) is 5.32 Å². The smallest absolute Gasteiger partial charge is 0.270 e. The Hall–Kier alpha value is -2.93. The minimum Gasteiger partial charge on any atom is -0.497 e. The first kappa shape index (κ1) is 15.0. The summed E-state index contributed by atoms with van der Waals surface area (Å²) in [4.78, 5) is 26.0. The lowest BCUT2D eigenvalue weighted by molar-refractivity contribution is -0.122. The van der Waals surface area contributed by atoms with E-state index in [1.54, 1.807) is 30.3 Å². The van der Waals surface area contributed by atoms with Crippen LogP contribution in [0.2, 0.25) is 0 Å². The maximum Gasteiger partial charge on any atom is 0.270 e. The van der Waals surface area contributed by atoms with E-state index in [1.165, 1.54) is 30.6 Å². The molecule has 2 amide bonds. The summed E-state index contributed by atoms with van der Waals surface area (Å²) in [6.45, 7) is 0. The number of anilines is 1. The Balaban J connectivity index is 2.01. The molecular weight excluding hydrogens is 316 g/mol. The van der Waals surface area contributed by atoms with Crippen LogP contribution in [0.3, 0.4) is 0 Å². The van der Waals surface area contributed by atoms with Gasteiger partial charge in [-0.25, -0.2) is 0 Å². The van der Waals surface area contributed by atoms with E-state index in [2.05, 4.69) is 5.32 Å². The average Bonchev–Trinajstić information content (AvgIpc) is 3.04. The van der Waals surface area contributed by atoms with Crippen molar-refractivity contribution in [3.8, 4) is 5.75 Å². The van der Waals surface area contributed by atoms with Crippen LogP contribution in [0, 0.1) is 0 Å². The van der Waals surface area contributed by atoms with Gasteiger partial charge in [0.15, 0.2) is 5.11 Å². The zero-order valence-corrected chi connectivity index (χ0v) is 12.9. The van der Waals surface area contributed by atoms with Crippen LogP contribution in [0.5, 0.6) is 5.75 Å². The van der Waals surface area contributed by atoms with Crippen molar-refractivity contribution in [3.05, 3.63) is 54.0 Å². The predicted molar refractivity (Wildman–Crippen MR) is 87.9 cm³/mol. The van der Waals surface area contributed by atoms with Gasteiger partial charge >= 0.3 is 0 Å². The molecular formula is C16H12N2O4S. The number of carbonyl (C=O) groups excluding carboxylic acids is 2. The Morgan fingerprint density at radius 2 is 2.13 bits per heavy atom. The van der Waals surface area contributed by atoms with Crippen molar-refractivity contribution in [3.63, 3.8) is 0 Å². The van der Waals surface area contributed by atoms with Crippen molar-refractivity contribution >= 4 is 40.9 Å². The van der Waals surface area contributed by atoms with Gasteiger partial charge in [-0.15, -0.1) is 0 Å². The van der Waals surface area contributed by atoms with Gasteiger partial charge in [-0.05, 0) is 36.5 Å². The van der Waals surface area contributed by atoms with Crippen molar-refractivity contribution in [2.45, 2.75) is 0 Å². The number of thiocarbonyl (C=S) groups is 1. The van der Waals surface area contributed by atoms with Crippen molar-refractivity contribution in [2.24, 2.45) is 0 Å². The van der Waals surface area contributed by atoms with Gasteiger partial charge in [0.2, 0.25) is 0 Å². The molecule has 2 aromatic rings. The molecule has 0 aliphatic carbocycles. The number of amides is 2. The van der Waals surface area contributed by atoms with Crippen LogP contribution < -0.4 is 15.0 Å². The summed E-state index contributed by atoms with van der Waals surface area (Å²) >= 11 is 5.13. The van der Waals surface area contributed by atoms with E-state index in [0.29, 0.717) is 17.0 Å². The van der Waals surface area contributed by atoms with Gasteiger partial charge in [0.1, 0.15) is 11.3 Å². The Morgan fingerprint density at radius 1 is 1.30 bits per heavy atom. The van der Waals surface area contributed by atoms with Crippen LogP contribution in [0.1, 0.15) is 5.56 Å². The number of benzene rings is 1. The highest BCUT2D eigenvalue weighted by molar-refractivity contribution is 7.80. The molecule has 1 fully saturated rings. The number of ether oxygens (including phenoxy) is 1. The van der Waals surface area contributed by atoms with Crippen LogP contribution in [0.15, 0.2) is 52.8 Å². The van der Waals surface area contributed by atoms with Crippen LogP contribution in [0.4, 0.5) is 5.69 Å². The lowest BCUT2D eigenvalue weighted by Gasteiger charge is -2.29. The molecule has 0 saturated carbocycles. The zero-order chi connectivity index (χ0) is 16.4. The maximum atomic E-state index is 12.7. The molecule has 116 valence electrons. The fourth-order valence-electron chi connectivity index (χ4n) is 2.17. The van der Waals surface area contributed by atoms with E-state index in [-0.39, 0.29) is 10.7 Å². The molecule has 1 aliphatic rings. The molecule has 0 radical (unpaired) electrons. The summed E-state index contributed by atoms with van der Waals surface area (Å²) in [6.07, 6.45) is 4.36. The van der Waals surface area contributed by atoms with Crippen molar-refractivity contribution in [2.75, 3.05) is 12.0 Å². The third kappa shape index (κ3) is 2.86. The lowest BCUT2D eigenvalue weighted by atomic mass is 10.1. The maximum absolute atomic E-state index is 12.7. The summed E-state index contributed by atoms with van der Waals surface area (Å²) in [5.74, 6) is -0.469. The Bertz CT molecular complexity index is 811. The van der Waals surface area contributed by atoms with E-state index in [0.717, 1.165) is 0 Å². The Kier molecular flexibility index (Phi) is 3.94. The average molecular weight is 328 g/mol. The highest BCUT2D eigenvalue weighted by Crippen LogP contribution is 2.25. The number of hydrogen-bond acceptors (Lipinski definition) is 5. The number of methoxy groups -OCH3 is 1.